The van der Waals surface area contributed by atoms with E-state index in [4.69, 9.17) is 5.73 Å². The van der Waals surface area contributed by atoms with E-state index in [0.717, 1.165) is 25.8 Å². The normalized spacial score (nSPS) is 16.0. The van der Waals surface area contributed by atoms with Crippen molar-refractivity contribution in [2.75, 3.05) is 0 Å². The summed E-state index contributed by atoms with van der Waals surface area (Å²) in [5.74, 6) is 0.553. The summed E-state index contributed by atoms with van der Waals surface area (Å²) < 4.78 is 0. The lowest BCUT2D eigenvalue weighted by Gasteiger charge is -2.25. The number of aryl methyl sites for hydroxylation is 1. The van der Waals surface area contributed by atoms with Crippen molar-refractivity contribution in [2.45, 2.75) is 65.1 Å². The highest BCUT2D eigenvalue weighted by molar-refractivity contribution is 5.77. The molecule has 0 aliphatic heterocycles. The Morgan fingerprint density at radius 1 is 1.24 bits per heavy atom. The lowest BCUT2D eigenvalue weighted by molar-refractivity contribution is -0.133. The first kappa shape index (κ1) is 16.0. The molecule has 0 saturated heterocycles. The number of carbonyl (C=O) groups excluding carboxylic acids is 1. The summed E-state index contributed by atoms with van der Waals surface area (Å²) in [5.41, 5.74) is 8.61. The van der Waals surface area contributed by atoms with Crippen LogP contribution in [0, 0.1) is 5.92 Å². The molecular formula is C18H28N2O. The second-order valence-electron chi connectivity index (χ2n) is 6.53. The second-order valence-corrected chi connectivity index (χ2v) is 6.53. The molecule has 0 radical (unpaired) electrons. The minimum absolute atomic E-state index is 0.0405. The van der Waals surface area contributed by atoms with Gasteiger partial charge in [0.15, 0.2) is 0 Å². The minimum atomic E-state index is -0.0405. The topological polar surface area (TPSA) is 46.3 Å². The predicted molar refractivity (Wildman–Crippen MR) is 86.8 cm³/mol. The van der Waals surface area contributed by atoms with Gasteiger partial charge in [0, 0.05) is 25.0 Å². The van der Waals surface area contributed by atoms with Crippen LogP contribution in [0.1, 0.15) is 51.2 Å². The summed E-state index contributed by atoms with van der Waals surface area (Å²) in [6.07, 6.45) is 3.78. The smallest absolute Gasteiger partial charge is 0.224 e. The molecule has 1 saturated carbocycles. The van der Waals surface area contributed by atoms with E-state index < -0.39 is 0 Å². The summed E-state index contributed by atoms with van der Waals surface area (Å²) in [4.78, 5) is 14.5. The Balaban J connectivity index is 1.99. The van der Waals surface area contributed by atoms with Gasteiger partial charge in [0.2, 0.25) is 5.91 Å². The van der Waals surface area contributed by atoms with Crippen LogP contribution in [-0.4, -0.2) is 22.9 Å². The van der Waals surface area contributed by atoms with Gasteiger partial charge >= 0.3 is 0 Å². The maximum absolute atomic E-state index is 12.5. The van der Waals surface area contributed by atoms with Crippen molar-refractivity contribution >= 4 is 5.91 Å². The van der Waals surface area contributed by atoms with Crippen molar-refractivity contribution in [3.8, 4) is 0 Å². The molecule has 21 heavy (non-hydrogen) atoms. The van der Waals surface area contributed by atoms with Crippen LogP contribution in [0.5, 0.6) is 0 Å². The summed E-state index contributed by atoms with van der Waals surface area (Å²) >= 11 is 0. The molecule has 3 heteroatoms. The Morgan fingerprint density at radius 3 is 2.29 bits per heavy atom. The molecule has 1 aromatic rings. The molecule has 1 amide bonds. The number of carbonyl (C=O) groups is 1. The fourth-order valence-corrected chi connectivity index (χ4v) is 2.44. The number of nitrogens with two attached hydrogens (primary N) is 1. The van der Waals surface area contributed by atoms with Crippen LogP contribution in [0.4, 0.5) is 0 Å². The number of benzene rings is 1. The average molecular weight is 288 g/mol. The van der Waals surface area contributed by atoms with Crippen molar-refractivity contribution in [1.29, 1.82) is 0 Å². The van der Waals surface area contributed by atoms with Gasteiger partial charge < -0.3 is 10.6 Å². The van der Waals surface area contributed by atoms with Crippen molar-refractivity contribution in [1.82, 2.24) is 4.90 Å². The fourth-order valence-electron chi connectivity index (χ4n) is 2.44. The van der Waals surface area contributed by atoms with Gasteiger partial charge in [0.05, 0.1) is 0 Å². The fraction of sp³-hybridized carbons (Fsp3) is 0.611. The summed E-state index contributed by atoms with van der Waals surface area (Å²) in [5, 5.41) is 0. The maximum atomic E-state index is 12.5. The highest BCUT2D eigenvalue weighted by atomic mass is 16.2. The SMILES string of the molecule is CCc1ccc(CN(C(=O)CC(N)C(C)C)C2CC2)cc1. The van der Waals surface area contributed by atoms with E-state index in [2.05, 4.69) is 45.0 Å². The molecule has 1 fully saturated rings. The molecule has 0 aromatic heterocycles. The Morgan fingerprint density at radius 2 is 1.81 bits per heavy atom. The van der Waals surface area contributed by atoms with E-state index in [-0.39, 0.29) is 11.9 Å². The molecule has 0 heterocycles. The van der Waals surface area contributed by atoms with Crippen LogP contribution in [0.3, 0.4) is 0 Å². The number of hydrogen-bond donors (Lipinski definition) is 1. The van der Waals surface area contributed by atoms with Crippen LogP contribution >= 0.6 is 0 Å². The number of rotatable bonds is 7. The molecule has 2 rings (SSSR count). The molecule has 1 atom stereocenters. The van der Waals surface area contributed by atoms with Crippen molar-refractivity contribution in [3.63, 3.8) is 0 Å². The molecule has 3 nitrogen and oxygen atoms in total. The Kier molecular flexibility index (Phi) is 5.40. The van der Waals surface area contributed by atoms with Gasteiger partial charge in [-0.25, -0.2) is 0 Å². The average Bonchev–Trinajstić information content (AvgIpc) is 3.29. The van der Waals surface area contributed by atoms with Gasteiger partial charge in [-0.05, 0) is 36.3 Å². The molecule has 1 aliphatic carbocycles. The van der Waals surface area contributed by atoms with Crippen LogP contribution in [0.2, 0.25) is 0 Å². The highest BCUT2D eigenvalue weighted by Crippen LogP contribution is 2.29. The summed E-state index contributed by atoms with van der Waals surface area (Å²) in [6, 6.07) is 8.99. The first-order valence-corrected chi connectivity index (χ1v) is 8.14. The van der Waals surface area contributed by atoms with Crippen LogP contribution in [0.15, 0.2) is 24.3 Å². The van der Waals surface area contributed by atoms with Crippen molar-refractivity contribution < 1.29 is 4.79 Å². The molecule has 1 unspecified atom stereocenters. The van der Waals surface area contributed by atoms with Crippen LogP contribution in [0.25, 0.3) is 0 Å². The van der Waals surface area contributed by atoms with Crippen LogP contribution in [-0.2, 0) is 17.8 Å². The molecule has 1 aliphatic rings. The molecule has 0 bridgehead atoms. The second kappa shape index (κ2) is 7.08. The number of hydrogen-bond acceptors (Lipinski definition) is 2. The van der Waals surface area contributed by atoms with E-state index in [1.54, 1.807) is 0 Å². The lowest BCUT2D eigenvalue weighted by atomic mass is 10.0. The zero-order chi connectivity index (χ0) is 15.4. The monoisotopic (exact) mass is 288 g/mol. The van der Waals surface area contributed by atoms with E-state index in [1.165, 1.54) is 11.1 Å². The molecule has 0 spiro atoms. The molecule has 2 N–H and O–H groups in total. The molecular weight excluding hydrogens is 260 g/mol. The number of amides is 1. The van der Waals surface area contributed by atoms with Crippen molar-refractivity contribution in [2.24, 2.45) is 11.7 Å². The Hall–Kier alpha value is -1.35. The third kappa shape index (κ3) is 4.57. The maximum Gasteiger partial charge on any atom is 0.224 e. The van der Waals surface area contributed by atoms with E-state index in [1.807, 2.05) is 4.90 Å². The van der Waals surface area contributed by atoms with E-state index in [9.17, 15) is 4.79 Å². The number of nitrogens with zero attached hydrogens (tertiary/aromatic N) is 1. The van der Waals surface area contributed by atoms with Gasteiger partial charge in [-0.2, -0.15) is 0 Å². The molecule has 116 valence electrons. The van der Waals surface area contributed by atoms with Gasteiger partial charge in [-0.15, -0.1) is 0 Å². The van der Waals surface area contributed by atoms with E-state index >= 15 is 0 Å². The largest absolute Gasteiger partial charge is 0.335 e. The standard InChI is InChI=1S/C18H28N2O/c1-4-14-5-7-15(8-6-14)12-20(16-9-10-16)18(21)11-17(19)13(2)3/h5-8,13,16-17H,4,9-12,19H2,1-3H3. The predicted octanol–water partition coefficient (Wildman–Crippen LogP) is 3.11. The highest BCUT2D eigenvalue weighted by Gasteiger charge is 2.33. The zero-order valence-corrected chi connectivity index (χ0v) is 13.5. The minimum Gasteiger partial charge on any atom is -0.335 e. The quantitative estimate of drug-likeness (QED) is 0.838. The van der Waals surface area contributed by atoms with E-state index in [0.29, 0.717) is 18.4 Å². The summed E-state index contributed by atoms with van der Waals surface area (Å²) in [6.45, 7) is 7.02. The van der Waals surface area contributed by atoms with Gasteiger partial charge in [0.25, 0.3) is 0 Å². The first-order chi connectivity index (χ1) is 10.0. The van der Waals surface area contributed by atoms with Gasteiger partial charge in [-0.1, -0.05) is 45.0 Å². The third-order valence-electron chi connectivity index (χ3n) is 4.36. The lowest BCUT2D eigenvalue weighted by Crippen LogP contribution is -2.38. The van der Waals surface area contributed by atoms with Crippen molar-refractivity contribution in [3.05, 3.63) is 35.4 Å². The Labute approximate surface area is 128 Å². The first-order valence-electron chi connectivity index (χ1n) is 8.14. The Bertz CT molecular complexity index is 463. The van der Waals surface area contributed by atoms with Crippen LogP contribution < -0.4 is 5.73 Å². The molecule has 1 aromatic carbocycles. The van der Waals surface area contributed by atoms with Gasteiger partial charge in [-0.3, -0.25) is 4.79 Å². The zero-order valence-electron chi connectivity index (χ0n) is 13.5. The van der Waals surface area contributed by atoms with Gasteiger partial charge in [0.1, 0.15) is 0 Å². The summed E-state index contributed by atoms with van der Waals surface area (Å²) in [7, 11) is 0. The third-order valence-corrected chi connectivity index (χ3v) is 4.36.